The molecule has 0 radical (unpaired) electrons. The molecule has 0 amide bonds. The second-order valence-corrected chi connectivity index (χ2v) is 7.82. The molecule has 0 bridgehead atoms. The van der Waals surface area contributed by atoms with Crippen molar-refractivity contribution < 1.29 is 0 Å². The maximum Gasteiger partial charge on any atom is -0.00392 e. The predicted molar refractivity (Wildman–Crippen MR) is 102 cm³/mol. The van der Waals surface area contributed by atoms with Gasteiger partial charge in [0.25, 0.3) is 0 Å². The number of hydrogen-bond donors (Lipinski definition) is 0. The van der Waals surface area contributed by atoms with Crippen molar-refractivity contribution in [3.05, 3.63) is 0 Å². The van der Waals surface area contributed by atoms with Crippen LogP contribution >= 0.6 is 11.8 Å². The first-order chi connectivity index (χ1) is 10.3. The van der Waals surface area contributed by atoms with E-state index in [0.29, 0.717) is 0 Å². The van der Waals surface area contributed by atoms with E-state index >= 15 is 0 Å². The van der Waals surface area contributed by atoms with Gasteiger partial charge in [-0.25, -0.2) is 0 Å². The van der Waals surface area contributed by atoms with E-state index in [1.807, 2.05) is 0 Å². The Labute approximate surface area is 140 Å². The van der Waals surface area contributed by atoms with Crippen LogP contribution in [0.4, 0.5) is 0 Å². The van der Waals surface area contributed by atoms with Gasteiger partial charge in [-0.15, -0.1) is 0 Å². The van der Waals surface area contributed by atoms with Gasteiger partial charge in [-0.2, -0.15) is 11.8 Å². The lowest BCUT2D eigenvalue weighted by Gasteiger charge is -2.13. The summed E-state index contributed by atoms with van der Waals surface area (Å²) in [7, 11) is 0. The second kappa shape index (κ2) is 18.4. The molecule has 0 aromatic carbocycles. The van der Waals surface area contributed by atoms with E-state index in [-0.39, 0.29) is 0 Å². The third-order valence-corrected chi connectivity index (χ3v) is 5.82. The normalized spacial score (nSPS) is 12.7. The minimum atomic E-state index is 0.984. The van der Waals surface area contributed by atoms with Crippen LogP contribution in [0.5, 0.6) is 0 Å². The summed E-state index contributed by atoms with van der Waals surface area (Å²) in [5.41, 5.74) is 0. The van der Waals surface area contributed by atoms with E-state index in [2.05, 4.69) is 32.5 Å². The van der Waals surface area contributed by atoms with Crippen molar-refractivity contribution in [2.75, 3.05) is 11.5 Å². The fourth-order valence-electron chi connectivity index (χ4n) is 2.84. The van der Waals surface area contributed by atoms with Crippen LogP contribution in [0.25, 0.3) is 0 Å². The van der Waals surface area contributed by atoms with Gasteiger partial charge in [-0.1, -0.05) is 97.8 Å². The molecule has 21 heavy (non-hydrogen) atoms. The zero-order valence-corrected chi connectivity index (χ0v) is 16.1. The van der Waals surface area contributed by atoms with Crippen molar-refractivity contribution in [3.63, 3.8) is 0 Å². The molecule has 0 aliphatic heterocycles. The van der Waals surface area contributed by atoms with Gasteiger partial charge in [0.15, 0.2) is 0 Å². The molecule has 0 aliphatic rings. The van der Waals surface area contributed by atoms with E-state index in [1.165, 1.54) is 101 Å². The minimum absolute atomic E-state index is 0.984. The van der Waals surface area contributed by atoms with E-state index in [0.717, 1.165) is 5.92 Å². The maximum atomic E-state index is 2.36. The first kappa shape index (κ1) is 21.4. The highest BCUT2D eigenvalue weighted by atomic mass is 32.2. The smallest absolute Gasteiger partial charge is 0.00392 e. The molecule has 0 nitrogen and oxygen atoms in total. The topological polar surface area (TPSA) is 0 Å². The zero-order valence-electron chi connectivity index (χ0n) is 15.3. The Morgan fingerprint density at radius 2 is 1.14 bits per heavy atom. The number of unbranched alkanes of at least 4 members (excludes halogenated alkanes) is 10. The lowest BCUT2D eigenvalue weighted by molar-refractivity contribution is 0.499. The summed E-state index contributed by atoms with van der Waals surface area (Å²) in [5.74, 6) is 3.80. The number of thioether (sulfide) groups is 1. The molecule has 1 unspecified atom stereocenters. The average molecular weight is 315 g/mol. The molecule has 0 aliphatic carbocycles. The van der Waals surface area contributed by atoms with Gasteiger partial charge in [0.05, 0.1) is 0 Å². The Bertz CT molecular complexity index is 179. The lowest BCUT2D eigenvalue weighted by Crippen LogP contribution is -2.02. The quantitative estimate of drug-likeness (QED) is 0.246. The molecule has 0 spiro atoms. The largest absolute Gasteiger partial charge is 0.162 e. The fraction of sp³-hybridized carbons (Fsp3) is 1.00. The first-order valence-corrected chi connectivity index (χ1v) is 11.1. The summed E-state index contributed by atoms with van der Waals surface area (Å²) in [6, 6.07) is 0. The Kier molecular flexibility index (Phi) is 18.7. The van der Waals surface area contributed by atoms with Crippen molar-refractivity contribution >= 4 is 11.8 Å². The van der Waals surface area contributed by atoms with Crippen molar-refractivity contribution in [3.8, 4) is 0 Å². The van der Waals surface area contributed by atoms with Crippen LogP contribution in [0.3, 0.4) is 0 Å². The second-order valence-electron chi connectivity index (χ2n) is 6.67. The van der Waals surface area contributed by atoms with E-state index in [1.54, 1.807) is 0 Å². The molecule has 0 N–H and O–H groups in total. The van der Waals surface area contributed by atoms with Gasteiger partial charge in [0.1, 0.15) is 0 Å². The molecule has 1 heteroatoms. The molecule has 0 fully saturated rings. The average Bonchev–Trinajstić information content (AvgIpc) is 2.51. The number of hydrogen-bond acceptors (Lipinski definition) is 1. The van der Waals surface area contributed by atoms with E-state index in [4.69, 9.17) is 0 Å². The van der Waals surface area contributed by atoms with Crippen molar-refractivity contribution in [1.82, 2.24) is 0 Å². The molecule has 0 aromatic rings. The lowest BCUT2D eigenvalue weighted by atomic mass is 10.0. The first-order valence-electron chi connectivity index (χ1n) is 9.92. The Morgan fingerprint density at radius 1 is 0.619 bits per heavy atom. The molecule has 0 saturated heterocycles. The Balaban J connectivity index is 3.14. The summed E-state index contributed by atoms with van der Waals surface area (Å²) < 4.78 is 0. The molecule has 128 valence electrons. The molecule has 0 rings (SSSR count). The van der Waals surface area contributed by atoms with E-state index in [9.17, 15) is 0 Å². The molecular formula is C20H42S. The van der Waals surface area contributed by atoms with Crippen LogP contribution in [-0.2, 0) is 0 Å². The highest BCUT2D eigenvalue weighted by Gasteiger charge is 2.05. The van der Waals surface area contributed by atoms with Gasteiger partial charge in [0.2, 0.25) is 0 Å². The van der Waals surface area contributed by atoms with Crippen LogP contribution in [0, 0.1) is 5.92 Å². The fourth-order valence-corrected chi connectivity index (χ4v) is 4.15. The van der Waals surface area contributed by atoms with Crippen LogP contribution in [0.2, 0.25) is 0 Å². The zero-order chi connectivity index (χ0) is 15.6. The third-order valence-electron chi connectivity index (χ3n) is 4.54. The van der Waals surface area contributed by atoms with Gasteiger partial charge in [0, 0.05) is 0 Å². The molecular weight excluding hydrogens is 272 g/mol. The van der Waals surface area contributed by atoms with Crippen LogP contribution in [0.15, 0.2) is 0 Å². The van der Waals surface area contributed by atoms with Gasteiger partial charge >= 0.3 is 0 Å². The van der Waals surface area contributed by atoms with E-state index < -0.39 is 0 Å². The standard InChI is InChI=1S/C20H42S/c1-4-7-9-10-11-12-13-14-15-16-18-21-19-20(6-3)17-8-5-2/h20H,4-19H2,1-3H3. The van der Waals surface area contributed by atoms with Crippen LogP contribution in [0.1, 0.15) is 111 Å². The molecule has 0 heterocycles. The molecule has 0 aromatic heterocycles. The SMILES string of the molecule is CCCCCCCCCCCCSCC(CC)CCCC. The van der Waals surface area contributed by atoms with Crippen molar-refractivity contribution in [1.29, 1.82) is 0 Å². The summed E-state index contributed by atoms with van der Waals surface area (Å²) in [4.78, 5) is 0. The third kappa shape index (κ3) is 16.5. The predicted octanol–water partition coefficient (Wildman–Crippen LogP) is 7.86. The molecule has 0 saturated carbocycles. The summed E-state index contributed by atoms with van der Waals surface area (Å²) in [6.45, 7) is 6.97. The van der Waals surface area contributed by atoms with Gasteiger partial charge in [-0.05, 0) is 30.3 Å². The number of rotatable bonds is 17. The Hall–Kier alpha value is 0.350. The van der Waals surface area contributed by atoms with Crippen LogP contribution in [-0.4, -0.2) is 11.5 Å². The highest BCUT2D eigenvalue weighted by Crippen LogP contribution is 2.20. The highest BCUT2D eigenvalue weighted by molar-refractivity contribution is 7.99. The van der Waals surface area contributed by atoms with Gasteiger partial charge < -0.3 is 0 Å². The molecule has 1 atom stereocenters. The summed E-state index contributed by atoms with van der Waals surface area (Å²) >= 11 is 2.21. The van der Waals surface area contributed by atoms with Crippen LogP contribution < -0.4 is 0 Å². The maximum absolute atomic E-state index is 2.36. The summed E-state index contributed by atoms with van der Waals surface area (Å²) in [6.07, 6.45) is 20.2. The van der Waals surface area contributed by atoms with Crippen molar-refractivity contribution in [2.45, 2.75) is 111 Å². The minimum Gasteiger partial charge on any atom is -0.162 e. The Morgan fingerprint density at radius 3 is 1.67 bits per heavy atom. The van der Waals surface area contributed by atoms with Crippen molar-refractivity contribution in [2.24, 2.45) is 5.92 Å². The monoisotopic (exact) mass is 314 g/mol. The van der Waals surface area contributed by atoms with Gasteiger partial charge in [-0.3, -0.25) is 0 Å². The summed E-state index contributed by atoms with van der Waals surface area (Å²) in [5, 5.41) is 0.